The predicted octanol–water partition coefficient (Wildman–Crippen LogP) is 3.23. The number of rotatable bonds is 3. The lowest BCUT2D eigenvalue weighted by Gasteiger charge is -2.30. The molecule has 42 heavy (non-hydrogen) atoms. The van der Waals surface area contributed by atoms with E-state index in [0.29, 0.717) is 23.3 Å². The SMILES string of the molecule is C[C@@H]1C(=O)N[C@H](Cc2ccc(F)cc2)C(=O)NCCCc2cc(C(F)(F)F)ccc2OCCN[C@@H](C2CC2)C(=O)N1C. The van der Waals surface area contributed by atoms with Gasteiger partial charge in [-0.1, -0.05) is 12.1 Å². The molecule has 0 bridgehead atoms. The Kier molecular flexibility index (Phi) is 10.1. The molecular weight excluding hydrogens is 556 g/mol. The molecule has 12 heteroatoms. The number of fused-ring (bicyclic) bond motifs is 1. The lowest BCUT2D eigenvalue weighted by atomic mass is 10.0. The van der Waals surface area contributed by atoms with Crippen LogP contribution in [0.3, 0.4) is 0 Å². The van der Waals surface area contributed by atoms with E-state index in [1.54, 1.807) is 6.92 Å². The second-order valence-electron chi connectivity index (χ2n) is 10.8. The molecule has 3 N–H and O–H groups in total. The summed E-state index contributed by atoms with van der Waals surface area (Å²) >= 11 is 0. The highest BCUT2D eigenvalue weighted by Crippen LogP contribution is 2.34. The lowest BCUT2D eigenvalue weighted by Crippen LogP contribution is -2.56. The average molecular weight is 593 g/mol. The van der Waals surface area contributed by atoms with Crippen molar-refractivity contribution in [3.8, 4) is 5.75 Å². The third kappa shape index (κ3) is 8.21. The van der Waals surface area contributed by atoms with Crippen LogP contribution < -0.4 is 20.7 Å². The van der Waals surface area contributed by atoms with Crippen molar-refractivity contribution in [1.29, 1.82) is 0 Å². The summed E-state index contributed by atoms with van der Waals surface area (Å²) in [6.45, 7) is 2.11. The Labute approximate surface area is 242 Å². The fraction of sp³-hybridized carbons (Fsp3) is 0.500. The molecule has 0 radical (unpaired) electrons. The number of likely N-dealkylation sites (N-methyl/N-ethyl adjacent to an activating group) is 1. The standard InChI is InChI=1S/C30H36F4N4O4/c1-18-27(39)37-24(16-19-5-10-23(31)11-6-19)28(40)36-13-3-4-21-17-22(30(32,33)34)9-12-25(21)42-15-14-35-26(20-7-8-20)29(41)38(18)2/h5-6,9-12,17-18,20,24,26,35H,3-4,7-8,13-16H2,1-2H3,(H,36,40)(H,37,39)/t18-,24-,26+/m1/s1. The van der Waals surface area contributed by atoms with Gasteiger partial charge in [-0.3, -0.25) is 14.4 Å². The van der Waals surface area contributed by atoms with E-state index in [1.165, 1.54) is 42.3 Å². The Morgan fingerprint density at radius 1 is 1.00 bits per heavy atom. The first-order chi connectivity index (χ1) is 19.9. The van der Waals surface area contributed by atoms with E-state index in [9.17, 15) is 31.9 Å². The predicted molar refractivity (Wildman–Crippen MR) is 147 cm³/mol. The molecular formula is C30H36F4N4O4. The topological polar surface area (TPSA) is 99.8 Å². The van der Waals surface area contributed by atoms with Crippen LogP contribution in [-0.4, -0.2) is 67.5 Å². The second-order valence-corrected chi connectivity index (χ2v) is 10.8. The zero-order valence-corrected chi connectivity index (χ0v) is 23.6. The first kappa shape index (κ1) is 31.3. The third-order valence-electron chi connectivity index (χ3n) is 7.69. The van der Waals surface area contributed by atoms with Crippen LogP contribution in [0.4, 0.5) is 17.6 Å². The number of nitrogens with zero attached hydrogens (tertiary/aromatic N) is 1. The maximum atomic E-state index is 13.4. The number of hydrogen-bond acceptors (Lipinski definition) is 5. The second kappa shape index (κ2) is 13.5. The number of amides is 3. The van der Waals surface area contributed by atoms with E-state index in [2.05, 4.69) is 16.0 Å². The molecule has 0 unspecified atom stereocenters. The fourth-order valence-electron chi connectivity index (χ4n) is 4.91. The molecule has 0 spiro atoms. The lowest BCUT2D eigenvalue weighted by molar-refractivity contribution is -0.141. The van der Waals surface area contributed by atoms with Gasteiger partial charge in [0, 0.05) is 26.6 Å². The van der Waals surface area contributed by atoms with Crippen molar-refractivity contribution in [3.05, 3.63) is 65.0 Å². The van der Waals surface area contributed by atoms with Crippen LogP contribution >= 0.6 is 0 Å². The average Bonchev–Trinajstić information content (AvgIpc) is 3.79. The number of benzene rings is 2. The molecule has 1 aliphatic carbocycles. The first-order valence-corrected chi connectivity index (χ1v) is 14.1. The van der Waals surface area contributed by atoms with Crippen molar-refractivity contribution in [3.63, 3.8) is 0 Å². The minimum Gasteiger partial charge on any atom is -0.492 e. The van der Waals surface area contributed by atoms with Crippen molar-refractivity contribution in [2.75, 3.05) is 26.7 Å². The summed E-state index contributed by atoms with van der Waals surface area (Å²) in [5.41, 5.74) is 0.160. The van der Waals surface area contributed by atoms with Crippen LogP contribution in [0, 0.1) is 11.7 Å². The van der Waals surface area contributed by atoms with Crippen molar-refractivity contribution < 1.29 is 36.7 Å². The zero-order chi connectivity index (χ0) is 30.4. The highest BCUT2D eigenvalue weighted by atomic mass is 19.4. The van der Waals surface area contributed by atoms with Gasteiger partial charge < -0.3 is 25.6 Å². The Balaban J connectivity index is 1.58. The van der Waals surface area contributed by atoms with Crippen LogP contribution in [0.25, 0.3) is 0 Å². The van der Waals surface area contributed by atoms with Gasteiger partial charge in [0.05, 0.1) is 11.6 Å². The first-order valence-electron chi connectivity index (χ1n) is 14.1. The van der Waals surface area contributed by atoms with Crippen molar-refractivity contribution >= 4 is 17.7 Å². The number of alkyl halides is 3. The van der Waals surface area contributed by atoms with E-state index in [1.807, 2.05) is 0 Å². The van der Waals surface area contributed by atoms with Crippen LogP contribution in [0.2, 0.25) is 0 Å². The summed E-state index contributed by atoms with van der Waals surface area (Å²) in [7, 11) is 1.53. The Bertz CT molecular complexity index is 1270. The minimum absolute atomic E-state index is 0.0695. The highest BCUT2D eigenvalue weighted by molar-refractivity contribution is 5.93. The minimum atomic E-state index is -4.52. The number of carbonyl (C=O) groups excluding carboxylic acids is 3. The van der Waals surface area contributed by atoms with Gasteiger partial charge in [-0.15, -0.1) is 0 Å². The molecule has 1 fully saturated rings. The van der Waals surface area contributed by atoms with Gasteiger partial charge >= 0.3 is 6.18 Å². The van der Waals surface area contributed by atoms with Gasteiger partial charge in [-0.2, -0.15) is 13.2 Å². The summed E-state index contributed by atoms with van der Waals surface area (Å²) < 4.78 is 59.5. The van der Waals surface area contributed by atoms with E-state index < -0.39 is 47.5 Å². The highest BCUT2D eigenvalue weighted by Gasteiger charge is 2.39. The molecule has 3 amide bonds. The molecule has 3 atom stereocenters. The maximum Gasteiger partial charge on any atom is 0.416 e. The van der Waals surface area contributed by atoms with E-state index in [4.69, 9.17) is 4.74 Å². The molecule has 0 aromatic heterocycles. The van der Waals surface area contributed by atoms with Crippen molar-refractivity contribution in [2.45, 2.75) is 63.3 Å². The normalized spacial score (nSPS) is 23.6. The molecule has 1 heterocycles. The Hall–Kier alpha value is -3.67. The van der Waals surface area contributed by atoms with Crippen molar-refractivity contribution in [2.24, 2.45) is 5.92 Å². The number of nitrogens with one attached hydrogen (secondary N) is 3. The Morgan fingerprint density at radius 2 is 1.71 bits per heavy atom. The van der Waals surface area contributed by atoms with Crippen molar-refractivity contribution in [1.82, 2.24) is 20.9 Å². The molecule has 2 aromatic carbocycles. The van der Waals surface area contributed by atoms with E-state index in [0.717, 1.165) is 25.0 Å². The van der Waals surface area contributed by atoms with Crippen LogP contribution in [-0.2, 0) is 33.4 Å². The summed E-state index contributed by atoms with van der Waals surface area (Å²) in [5, 5.41) is 8.68. The number of carbonyl (C=O) groups is 3. The third-order valence-corrected chi connectivity index (χ3v) is 7.69. The van der Waals surface area contributed by atoms with Gasteiger partial charge in [-0.25, -0.2) is 4.39 Å². The molecule has 228 valence electrons. The number of ether oxygens (including phenoxy) is 1. The quantitative estimate of drug-likeness (QED) is 0.476. The van der Waals surface area contributed by atoms with Crippen LogP contribution in [0.15, 0.2) is 42.5 Å². The van der Waals surface area contributed by atoms with Gasteiger partial charge in [0.15, 0.2) is 0 Å². The molecule has 8 nitrogen and oxygen atoms in total. The summed E-state index contributed by atoms with van der Waals surface area (Å²) in [6, 6.07) is 6.38. The molecule has 2 aliphatic rings. The van der Waals surface area contributed by atoms with E-state index >= 15 is 0 Å². The number of hydrogen-bond donors (Lipinski definition) is 3. The summed E-state index contributed by atoms with van der Waals surface area (Å²) in [5.74, 6) is -1.36. The molecule has 1 aliphatic heterocycles. The fourth-order valence-corrected chi connectivity index (χ4v) is 4.91. The van der Waals surface area contributed by atoms with Gasteiger partial charge in [-0.05, 0) is 80.0 Å². The largest absolute Gasteiger partial charge is 0.492 e. The van der Waals surface area contributed by atoms with E-state index in [-0.39, 0.29) is 44.4 Å². The summed E-state index contributed by atoms with van der Waals surface area (Å²) in [6.07, 6.45) is -2.24. The molecule has 4 rings (SSSR count). The molecule has 2 aromatic rings. The molecule has 1 saturated carbocycles. The van der Waals surface area contributed by atoms with Gasteiger partial charge in [0.1, 0.15) is 30.3 Å². The number of halogens is 4. The summed E-state index contributed by atoms with van der Waals surface area (Å²) in [4.78, 5) is 41.2. The number of aryl methyl sites for hydroxylation is 1. The van der Waals surface area contributed by atoms with Crippen LogP contribution in [0.5, 0.6) is 5.75 Å². The maximum absolute atomic E-state index is 13.4. The van der Waals surface area contributed by atoms with Gasteiger partial charge in [0.2, 0.25) is 17.7 Å². The Morgan fingerprint density at radius 3 is 2.38 bits per heavy atom. The molecule has 0 saturated heterocycles. The smallest absolute Gasteiger partial charge is 0.416 e. The van der Waals surface area contributed by atoms with Crippen LogP contribution in [0.1, 0.15) is 42.9 Å². The zero-order valence-electron chi connectivity index (χ0n) is 23.6. The van der Waals surface area contributed by atoms with Gasteiger partial charge in [0.25, 0.3) is 0 Å². The monoisotopic (exact) mass is 592 g/mol.